The van der Waals surface area contributed by atoms with Crippen molar-refractivity contribution >= 4 is 23.6 Å². The van der Waals surface area contributed by atoms with E-state index in [2.05, 4.69) is 24.0 Å². The molecule has 0 N–H and O–H groups in total. The number of likely N-dealkylation sites (N-methyl/N-ethyl adjacent to an activating group) is 1. The summed E-state index contributed by atoms with van der Waals surface area (Å²) >= 11 is 0. The van der Waals surface area contributed by atoms with Gasteiger partial charge < -0.3 is 4.90 Å². The Hall–Kier alpha value is -2.83. The normalized spacial score (nSPS) is 24.7. The number of benzene rings is 1. The second kappa shape index (κ2) is 6.11. The zero-order valence-electron chi connectivity index (χ0n) is 16.4. The third-order valence-electron chi connectivity index (χ3n) is 5.60. The van der Waals surface area contributed by atoms with Gasteiger partial charge in [0.05, 0.1) is 0 Å². The lowest BCUT2D eigenvalue weighted by Gasteiger charge is -2.40. The number of aryl methyl sites for hydroxylation is 1. The molecular weight excluding hydrogens is 342 g/mol. The maximum absolute atomic E-state index is 13.2. The molecule has 1 aromatic rings. The zero-order valence-corrected chi connectivity index (χ0v) is 16.4. The molecule has 1 saturated heterocycles. The first-order valence-electron chi connectivity index (χ1n) is 9.36. The lowest BCUT2D eigenvalue weighted by Crippen LogP contribution is -2.64. The summed E-state index contributed by atoms with van der Waals surface area (Å²) in [4.78, 5) is 37.7. The van der Waals surface area contributed by atoms with E-state index in [0.717, 1.165) is 35.0 Å². The van der Waals surface area contributed by atoms with E-state index in [9.17, 15) is 9.59 Å². The lowest BCUT2D eigenvalue weighted by molar-refractivity contribution is -0.136. The van der Waals surface area contributed by atoms with Crippen molar-refractivity contribution in [3.05, 3.63) is 41.2 Å². The highest BCUT2D eigenvalue weighted by molar-refractivity contribution is 6.10. The van der Waals surface area contributed by atoms with Crippen LogP contribution in [-0.2, 0) is 4.79 Å². The Morgan fingerprint density at radius 3 is 2.52 bits per heavy atom. The molecule has 1 aromatic carbocycles. The predicted molar refractivity (Wildman–Crippen MR) is 104 cm³/mol. The Balaban J connectivity index is 1.78. The predicted octanol–water partition coefficient (Wildman–Crippen LogP) is 2.74. The number of anilines is 1. The quantitative estimate of drug-likeness (QED) is 0.824. The van der Waals surface area contributed by atoms with Crippen molar-refractivity contribution in [2.24, 2.45) is 4.99 Å². The molecule has 7 nitrogen and oxygen atoms in total. The Bertz CT molecular complexity index is 890. The van der Waals surface area contributed by atoms with Crippen molar-refractivity contribution < 1.29 is 9.59 Å². The van der Waals surface area contributed by atoms with Crippen molar-refractivity contribution in [2.45, 2.75) is 46.3 Å². The van der Waals surface area contributed by atoms with Gasteiger partial charge in [0.25, 0.3) is 5.91 Å². The number of fused-ring (bicyclic) bond motifs is 3. The van der Waals surface area contributed by atoms with E-state index in [4.69, 9.17) is 4.99 Å². The van der Waals surface area contributed by atoms with Crippen LogP contribution in [0.3, 0.4) is 0 Å². The lowest BCUT2D eigenvalue weighted by atomic mass is 10.1. The van der Waals surface area contributed by atoms with Crippen LogP contribution in [0.1, 0.15) is 32.8 Å². The standard InChI is InChI=1S/C20H25N5O2/c1-6-10-23-18(26)16-17(22(5)20(23)27)21-19-24(13(3)14(4)25(16)19)15-9-7-8-12(2)11-15/h7-9,11,16-17H,6,10H2,1-5H3. The van der Waals surface area contributed by atoms with Gasteiger partial charge in [0.15, 0.2) is 12.2 Å². The summed E-state index contributed by atoms with van der Waals surface area (Å²) in [5.41, 5.74) is 4.21. The molecule has 27 heavy (non-hydrogen) atoms. The molecule has 3 heterocycles. The number of guanidine groups is 1. The number of amides is 3. The maximum Gasteiger partial charge on any atom is 0.328 e. The largest absolute Gasteiger partial charge is 0.328 e. The molecule has 0 spiro atoms. The first kappa shape index (κ1) is 17.6. The van der Waals surface area contributed by atoms with Crippen LogP contribution in [0.4, 0.5) is 10.5 Å². The molecule has 3 aliphatic heterocycles. The molecule has 0 bridgehead atoms. The van der Waals surface area contributed by atoms with Crippen molar-refractivity contribution in [2.75, 3.05) is 18.5 Å². The van der Waals surface area contributed by atoms with E-state index >= 15 is 0 Å². The maximum atomic E-state index is 13.2. The molecule has 7 heteroatoms. The number of allylic oxidation sites excluding steroid dienone is 2. The number of carbonyl (C=O) groups excluding carboxylic acids is 2. The van der Waals surface area contributed by atoms with Crippen LogP contribution in [0.25, 0.3) is 0 Å². The summed E-state index contributed by atoms with van der Waals surface area (Å²) < 4.78 is 0. The van der Waals surface area contributed by atoms with Gasteiger partial charge in [-0.1, -0.05) is 19.1 Å². The Morgan fingerprint density at radius 2 is 1.85 bits per heavy atom. The SMILES string of the molecule is CCCN1C(=O)C2C(N=C3N(c4cccc(C)c4)C(C)=C(C)N32)N(C)C1=O. The van der Waals surface area contributed by atoms with Gasteiger partial charge in [-0.3, -0.25) is 19.5 Å². The minimum atomic E-state index is -0.501. The average Bonchev–Trinajstić information content (AvgIpc) is 3.13. The molecule has 3 aliphatic rings. The number of aliphatic imine (C=N–C) groups is 1. The van der Waals surface area contributed by atoms with Gasteiger partial charge in [-0.05, 0) is 44.9 Å². The van der Waals surface area contributed by atoms with Crippen LogP contribution in [0.2, 0.25) is 0 Å². The number of nitrogens with zero attached hydrogens (tertiary/aromatic N) is 5. The van der Waals surface area contributed by atoms with Crippen LogP contribution in [0.15, 0.2) is 40.7 Å². The number of carbonyl (C=O) groups is 2. The van der Waals surface area contributed by atoms with Crippen molar-refractivity contribution in [1.82, 2.24) is 14.7 Å². The average molecular weight is 367 g/mol. The van der Waals surface area contributed by atoms with Gasteiger partial charge in [0, 0.05) is 30.7 Å². The van der Waals surface area contributed by atoms with Gasteiger partial charge in [-0.25, -0.2) is 9.79 Å². The van der Waals surface area contributed by atoms with E-state index in [-0.39, 0.29) is 11.9 Å². The highest BCUT2D eigenvalue weighted by atomic mass is 16.2. The summed E-state index contributed by atoms with van der Waals surface area (Å²) in [7, 11) is 1.73. The highest BCUT2D eigenvalue weighted by Crippen LogP contribution is 2.40. The molecule has 1 fully saturated rings. The Labute approximate surface area is 159 Å². The third kappa shape index (κ3) is 2.37. The van der Waals surface area contributed by atoms with Crippen molar-refractivity contribution in [3.8, 4) is 0 Å². The van der Waals surface area contributed by atoms with Gasteiger partial charge in [-0.2, -0.15) is 0 Å². The third-order valence-corrected chi connectivity index (χ3v) is 5.60. The fraction of sp³-hybridized carbons (Fsp3) is 0.450. The fourth-order valence-corrected chi connectivity index (χ4v) is 4.12. The number of hydrogen-bond donors (Lipinski definition) is 0. The number of rotatable bonds is 3. The van der Waals surface area contributed by atoms with Gasteiger partial charge in [0.1, 0.15) is 0 Å². The van der Waals surface area contributed by atoms with Crippen LogP contribution >= 0.6 is 0 Å². The smallest absolute Gasteiger partial charge is 0.302 e. The van der Waals surface area contributed by atoms with Crippen LogP contribution in [0.5, 0.6) is 0 Å². The van der Waals surface area contributed by atoms with E-state index in [1.807, 2.05) is 37.8 Å². The molecule has 0 saturated carbocycles. The van der Waals surface area contributed by atoms with Crippen LogP contribution in [0, 0.1) is 6.92 Å². The Morgan fingerprint density at radius 1 is 1.11 bits per heavy atom. The molecule has 2 atom stereocenters. The zero-order chi connectivity index (χ0) is 19.5. The molecule has 0 radical (unpaired) electrons. The summed E-state index contributed by atoms with van der Waals surface area (Å²) in [5.74, 6) is 0.555. The molecule has 2 unspecified atom stereocenters. The molecule has 3 amide bonds. The first-order valence-corrected chi connectivity index (χ1v) is 9.36. The van der Waals surface area contributed by atoms with Crippen LogP contribution in [-0.4, -0.2) is 58.4 Å². The molecule has 0 aromatic heterocycles. The molecular formula is C20H25N5O2. The van der Waals surface area contributed by atoms with Gasteiger partial charge >= 0.3 is 6.03 Å². The minimum absolute atomic E-state index is 0.165. The Kier molecular flexibility index (Phi) is 3.98. The van der Waals surface area contributed by atoms with Crippen molar-refractivity contribution in [3.63, 3.8) is 0 Å². The van der Waals surface area contributed by atoms with E-state index in [1.54, 1.807) is 11.9 Å². The van der Waals surface area contributed by atoms with Crippen molar-refractivity contribution in [1.29, 1.82) is 0 Å². The number of urea groups is 1. The molecule has 4 rings (SSSR count). The summed E-state index contributed by atoms with van der Waals surface area (Å²) in [6, 6.07) is 7.44. The topological polar surface area (TPSA) is 59.5 Å². The van der Waals surface area contributed by atoms with Gasteiger partial charge in [-0.15, -0.1) is 0 Å². The minimum Gasteiger partial charge on any atom is -0.302 e. The van der Waals surface area contributed by atoms with E-state index < -0.39 is 12.2 Å². The molecule has 0 aliphatic carbocycles. The summed E-state index contributed by atoms with van der Waals surface area (Å²) in [6.07, 6.45) is 0.239. The number of imide groups is 1. The van der Waals surface area contributed by atoms with Gasteiger partial charge in [0.2, 0.25) is 5.96 Å². The van der Waals surface area contributed by atoms with Crippen LogP contribution < -0.4 is 4.90 Å². The summed E-state index contributed by atoms with van der Waals surface area (Å²) in [6.45, 7) is 8.50. The first-order chi connectivity index (χ1) is 12.9. The summed E-state index contributed by atoms with van der Waals surface area (Å²) in [5, 5.41) is 0. The molecule has 142 valence electrons. The highest BCUT2D eigenvalue weighted by Gasteiger charge is 2.55. The second-order valence-electron chi connectivity index (χ2n) is 7.39. The fourth-order valence-electron chi connectivity index (χ4n) is 4.12. The number of hydrogen-bond acceptors (Lipinski definition) is 5. The van der Waals surface area contributed by atoms with E-state index in [0.29, 0.717) is 6.54 Å². The monoisotopic (exact) mass is 367 g/mol. The van der Waals surface area contributed by atoms with E-state index in [1.165, 1.54) is 4.90 Å². The second-order valence-corrected chi connectivity index (χ2v) is 7.39.